The summed E-state index contributed by atoms with van der Waals surface area (Å²) in [4.78, 5) is 4.27. The lowest BCUT2D eigenvalue weighted by atomic mass is 10.00. The van der Waals surface area contributed by atoms with Crippen LogP contribution in [0.3, 0.4) is 0 Å². The summed E-state index contributed by atoms with van der Waals surface area (Å²) in [6.07, 6.45) is 0. The molecular weight excluding hydrogens is 270 g/mol. The zero-order valence-electron chi connectivity index (χ0n) is 12.4. The molecule has 0 aliphatic carbocycles. The molecule has 2 rings (SSSR count). The molecule has 3 heteroatoms. The van der Waals surface area contributed by atoms with Crippen LogP contribution in [0.2, 0.25) is 0 Å². The lowest BCUT2D eigenvalue weighted by molar-refractivity contribution is 0.379. The van der Waals surface area contributed by atoms with Gasteiger partial charge in [0.05, 0.1) is 0 Å². The van der Waals surface area contributed by atoms with Gasteiger partial charge in [0.15, 0.2) is 0 Å². The van der Waals surface area contributed by atoms with Gasteiger partial charge in [-0.25, -0.2) is 0 Å². The van der Waals surface area contributed by atoms with Crippen LogP contribution in [0.5, 0.6) is 0 Å². The minimum Gasteiger partial charge on any atom is -0.302 e. The fraction of sp³-hybridized carbons (Fsp3) is 0.500. The monoisotopic (exact) mass is 293 g/mol. The minimum absolute atomic E-state index is 0.402. The standard InChI is InChI=1S/C16H23NS2/c1-10(2)16(15-7-6-8-18-15)17-12(4)14-9-11(3)19-13(14)5/h6-10,12,16-17H,1-5H3. The van der Waals surface area contributed by atoms with E-state index in [0.717, 1.165) is 0 Å². The predicted octanol–water partition coefficient (Wildman–Crippen LogP) is 5.47. The smallest absolute Gasteiger partial charge is 0.0442 e. The van der Waals surface area contributed by atoms with Crippen molar-refractivity contribution in [3.8, 4) is 0 Å². The van der Waals surface area contributed by atoms with Crippen molar-refractivity contribution in [3.63, 3.8) is 0 Å². The number of hydrogen-bond acceptors (Lipinski definition) is 3. The molecule has 2 aromatic rings. The first kappa shape index (κ1) is 14.8. The maximum atomic E-state index is 3.81. The molecule has 2 atom stereocenters. The molecule has 0 spiro atoms. The summed E-state index contributed by atoms with van der Waals surface area (Å²) in [5.41, 5.74) is 1.45. The Balaban J connectivity index is 2.16. The number of hydrogen-bond donors (Lipinski definition) is 1. The Morgan fingerprint density at radius 3 is 2.37 bits per heavy atom. The topological polar surface area (TPSA) is 12.0 Å². The van der Waals surface area contributed by atoms with E-state index in [1.54, 1.807) is 0 Å². The highest BCUT2D eigenvalue weighted by atomic mass is 32.1. The number of aryl methyl sites for hydroxylation is 2. The van der Waals surface area contributed by atoms with E-state index >= 15 is 0 Å². The van der Waals surface area contributed by atoms with Crippen molar-refractivity contribution >= 4 is 22.7 Å². The molecule has 0 saturated heterocycles. The van der Waals surface area contributed by atoms with Gasteiger partial charge in [0.2, 0.25) is 0 Å². The first-order valence-electron chi connectivity index (χ1n) is 6.85. The van der Waals surface area contributed by atoms with Gasteiger partial charge in [-0.3, -0.25) is 0 Å². The quantitative estimate of drug-likeness (QED) is 0.770. The van der Waals surface area contributed by atoms with E-state index in [1.807, 2.05) is 22.7 Å². The first-order valence-corrected chi connectivity index (χ1v) is 8.55. The van der Waals surface area contributed by atoms with Crippen molar-refractivity contribution < 1.29 is 0 Å². The maximum absolute atomic E-state index is 3.81. The van der Waals surface area contributed by atoms with Crippen LogP contribution in [0.25, 0.3) is 0 Å². The largest absolute Gasteiger partial charge is 0.302 e. The van der Waals surface area contributed by atoms with E-state index in [1.165, 1.54) is 20.2 Å². The van der Waals surface area contributed by atoms with E-state index in [-0.39, 0.29) is 0 Å². The van der Waals surface area contributed by atoms with Gasteiger partial charge in [0.25, 0.3) is 0 Å². The lowest BCUT2D eigenvalue weighted by Gasteiger charge is -2.26. The molecule has 0 radical (unpaired) electrons. The molecule has 0 fully saturated rings. The normalized spacial score (nSPS) is 14.8. The summed E-state index contributed by atoms with van der Waals surface area (Å²) in [7, 11) is 0. The first-order chi connectivity index (χ1) is 8.99. The van der Waals surface area contributed by atoms with Crippen LogP contribution in [-0.4, -0.2) is 0 Å². The minimum atomic E-state index is 0.402. The zero-order valence-corrected chi connectivity index (χ0v) is 14.0. The molecule has 0 aromatic carbocycles. The third kappa shape index (κ3) is 3.47. The average Bonchev–Trinajstić information content (AvgIpc) is 2.95. The summed E-state index contributed by atoms with van der Waals surface area (Å²) < 4.78 is 0. The second kappa shape index (κ2) is 6.21. The zero-order chi connectivity index (χ0) is 14.0. The van der Waals surface area contributed by atoms with Gasteiger partial charge in [-0.15, -0.1) is 22.7 Å². The number of thiophene rings is 2. The molecule has 0 amide bonds. The molecule has 2 heterocycles. The third-order valence-electron chi connectivity index (χ3n) is 3.49. The van der Waals surface area contributed by atoms with E-state index < -0.39 is 0 Å². The molecule has 104 valence electrons. The SMILES string of the molecule is Cc1cc(C(C)NC(c2cccs2)C(C)C)c(C)s1. The number of rotatable bonds is 5. The van der Waals surface area contributed by atoms with Crippen LogP contribution in [0, 0.1) is 19.8 Å². The molecule has 1 N–H and O–H groups in total. The van der Waals surface area contributed by atoms with E-state index in [4.69, 9.17) is 0 Å². The number of nitrogens with one attached hydrogen (secondary N) is 1. The van der Waals surface area contributed by atoms with Gasteiger partial charge in [0, 0.05) is 26.7 Å². The summed E-state index contributed by atoms with van der Waals surface area (Å²) in [6.45, 7) is 11.3. The Kier molecular flexibility index (Phi) is 4.82. The van der Waals surface area contributed by atoms with Crippen LogP contribution in [0.15, 0.2) is 23.6 Å². The van der Waals surface area contributed by atoms with Gasteiger partial charge < -0.3 is 5.32 Å². The molecule has 0 bridgehead atoms. The van der Waals surface area contributed by atoms with Crippen LogP contribution in [0.1, 0.15) is 53.0 Å². The van der Waals surface area contributed by atoms with Gasteiger partial charge in [0.1, 0.15) is 0 Å². The molecule has 19 heavy (non-hydrogen) atoms. The predicted molar refractivity (Wildman–Crippen MR) is 87.2 cm³/mol. The fourth-order valence-electron chi connectivity index (χ4n) is 2.51. The van der Waals surface area contributed by atoms with E-state index in [2.05, 4.69) is 63.5 Å². The Labute approximate surface area is 124 Å². The van der Waals surface area contributed by atoms with Crippen molar-refractivity contribution in [1.29, 1.82) is 0 Å². The highest BCUT2D eigenvalue weighted by Gasteiger charge is 2.21. The van der Waals surface area contributed by atoms with Crippen LogP contribution in [0.4, 0.5) is 0 Å². The Hall–Kier alpha value is -0.640. The molecule has 0 aliphatic heterocycles. The van der Waals surface area contributed by atoms with Crippen molar-refractivity contribution in [2.45, 2.75) is 46.7 Å². The van der Waals surface area contributed by atoms with Gasteiger partial charge in [-0.05, 0) is 49.8 Å². The highest BCUT2D eigenvalue weighted by Crippen LogP contribution is 2.31. The van der Waals surface area contributed by atoms with Crippen molar-refractivity contribution in [2.24, 2.45) is 5.92 Å². The van der Waals surface area contributed by atoms with Gasteiger partial charge >= 0.3 is 0 Å². The van der Waals surface area contributed by atoms with Crippen molar-refractivity contribution in [3.05, 3.63) is 43.8 Å². The summed E-state index contributed by atoms with van der Waals surface area (Å²) >= 11 is 3.74. The molecule has 0 aliphatic rings. The Morgan fingerprint density at radius 2 is 1.89 bits per heavy atom. The van der Waals surface area contributed by atoms with Crippen molar-refractivity contribution in [1.82, 2.24) is 5.32 Å². The van der Waals surface area contributed by atoms with Crippen LogP contribution >= 0.6 is 22.7 Å². The third-order valence-corrected chi connectivity index (χ3v) is 5.43. The summed E-state index contributed by atoms with van der Waals surface area (Å²) in [5, 5.41) is 5.97. The van der Waals surface area contributed by atoms with Crippen LogP contribution < -0.4 is 5.32 Å². The molecule has 0 saturated carbocycles. The highest BCUT2D eigenvalue weighted by molar-refractivity contribution is 7.12. The molecule has 1 nitrogen and oxygen atoms in total. The van der Waals surface area contributed by atoms with Crippen molar-refractivity contribution in [2.75, 3.05) is 0 Å². The van der Waals surface area contributed by atoms with E-state index in [9.17, 15) is 0 Å². The summed E-state index contributed by atoms with van der Waals surface area (Å²) in [5.74, 6) is 0.598. The summed E-state index contributed by atoms with van der Waals surface area (Å²) in [6, 6.07) is 7.54. The lowest BCUT2D eigenvalue weighted by Crippen LogP contribution is -2.27. The Bertz CT molecular complexity index is 511. The van der Waals surface area contributed by atoms with Crippen LogP contribution in [-0.2, 0) is 0 Å². The second-order valence-electron chi connectivity index (χ2n) is 5.49. The average molecular weight is 294 g/mol. The Morgan fingerprint density at radius 1 is 1.16 bits per heavy atom. The fourth-order valence-corrected chi connectivity index (χ4v) is 4.49. The van der Waals surface area contributed by atoms with E-state index in [0.29, 0.717) is 18.0 Å². The van der Waals surface area contributed by atoms with Gasteiger partial charge in [-0.1, -0.05) is 19.9 Å². The molecule has 2 unspecified atom stereocenters. The molecular formula is C16H23NS2. The molecule has 2 aromatic heterocycles. The maximum Gasteiger partial charge on any atom is 0.0442 e. The van der Waals surface area contributed by atoms with Gasteiger partial charge in [-0.2, -0.15) is 0 Å². The second-order valence-corrected chi connectivity index (χ2v) is 7.93.